The second-order valence-corrected chi connectivity index (χ2v) is 5.78. The predicted octanol–water partition coefficient (Wildman–Crippen LogP) is 2.67. The Balaban J connectivity index is 2.20. The number of benzene rings is 1. The second-order valence-electron chi connectivity index (χ2n) is 5.78. The number of ether oxygens (including phenoxy) is 1. The summed E-state index contributed by atoms with van der Waals surface area (Å²) in [7, 11) is 0. The van der Waals surface area contributed by atoms with E-state index in [4.69, 9.17) is 4.74 Å². The fourth-order valence-electron chi connectivity index (χ4n) is 3.60. The maximum atomic E-state index is 11.0. The monoisotopic (exact) mass is 257 g/mol. The average Bonchev–Trinajstić information content (AvgIpc) is 2.52. The van der Waals surface area contributed by atoms with Crippen LogP contribution in [0, 0.1) is 11.3 Å². The van der Waals surface area contributed by atoms with E-state index < -0.39 is 11.2 Å². The molecule has 1 aliphatic carbocycles. The largest absolute Gasteiger partial charge is 0.364 e. The van der Waals surface area contributed by atoms with Crippen molar-refractivity contribution in [3.05, 3.63) is 35.4 Å². The third kappa shape index (κ3) is 1.71. The van der Waals surface area contributed by atoms with Gasteiger partial charge in [-0.3, -0.25) is 0 Å². The van der Waals surface area contributed by atoms with Crippen molar-refractivity contribution in [3.63, 3.8) is 0 Å². The highest BCUT2D eigenvalue weighted by Gasteiger charge is 2.57. The molecule has 0 bridgehead atoms. The number of hydrogen-bond donors (Lipinski definition) is 1. The zero-order valence-electron chi connectivity index (χ0n) is 11.2. The van der Waals surface area contributed by atoms with Crippen molar-refractivity contribution in [1.29, 1.82) is 5.26 Å². The molecule has 0 spiro atoms. The van der Waals surface area contributed by atoms with Crippen LogP contribution in [0.25, 0.3) is 0 Å². The molecule has 0 amide bonds. The van der Waals surface area contributed by atoms with Crippen molar-refractivity contribution in [1.82, 2.24) is 0 Å². The first-order chi connectivity index (χ1) is 9.11. The van der Waals surface area contributed by atoms with Crippen molar-refractivity contribution in [2.75, 3.05) is 0 Å². The third-order valence-electron chi connectivity index (χ3n) is 4.62. The molecule has 1 aromatic carbocycles. The van der Waals surface area contributed by atoms with Gasteiger partial charge in [0.2, 0.25) is 0 Å². The molecule has 1 N–H and O–H groups in total. The first kappa shape index (κ1) is 12.7. The molecule has 3 nitrogen and oxygen atoms in total. The van der Waals surface area contributed by atoms with Gasteiger partial charge in [-0.15, -0.1) is 0 Å². The summed E-state index contributed by atoms with van der Waals surface area (Å²) in [4.78, 5) is 0. The van der Waals surface area contributed by atoms with Crippen molar-refractivity contribution >= 4 is 0 Å². The summed E-state index contributed by atoms with van der Waals surface area (Å²) in [5, 5.41) is 20.8. The Bertz CT molecular complexity index is 536. The first-order valence-electron chi connectivity index (χ1n) is 7.01. The van der Waals surface area contributed by atoms with Crippen LogP contribution < -0.4 is 0 Å². The van der Waals surface area contributed by atoms with Gasteiger partial charge in [0.25, 0.3) is 0 Å². The van der Waals surface area contributed by atoms with E-state index in [1.807, 2.05) is 25.1 Å². The predicted molar refractivity (Wildman–Crippen MR) is 71.4 cm³/mol. The lowest BCUT2D eigenvalue weighted by atomic mass is 9.68. The normalized spacial score (nSPS) is 37.6. The number of nitriles is 1. The zero-order valence-corrected chi connectivity index (χ0v) is 11.2. The molecular weight excluding hydrogens is 238 g/mol. The molecule has 0 radical (unpaired) electrons. The van der Waals surface area contributed by atoms with Gasteiger partial charge < -0.3 is 9.84 Å². The van der Waals surface area contributed by atoms with Gasteiger partial charge in [-0.1, -0.05) is 24.3 Å². The first-order valence-corrected chi connectivity index (χ1v) is 7.01. The number of fused-ring (bicyclic) bond motifs is 3. The van der Waals surface area contributed by atoms with Crippen LogP contribution in [-0.2, 0) is 16.6 Å². The Kier molecular flexibility index (Phi) is 2.88. The van der Waals surface area contributed by atoms with Crippen LogP contribution in [0.15, 0.2) is 24.3 Å². The minimum atomic E-state index is -1.34. The summed E-state index contributed by atoms with van der Waals surface area (Å²) < 4.78 is 5.84. The highest BCUT2D eigenvalue weighted by molar-refractivity contribution is 5.43. The quantitative estimate of drug-likeness (QED) is 0.777. The van der Waals surface area contributed by atoms with Crippen LogP contribution in [0.4, 0.5) is 0 Å². The van der Waals surface area contributed by atoms with Gasteiger partial charge in [-0.2, -0.15) is 5.26 Å². The maximum absolute atomic E-state index is 11.0. The molecule has 1 aromatic rings. The van der Waals surface area contributed by atoms with Crippen LogP contribution in [0.5, 0.6) is 0 Å². The molecular formula is C16H19NO2. The zero-order chi connectivity index (χ0) is 13.5. The number of aryl methyl sites for hydroxylation is 1. The molecule has 3 rings (SSSR count). The summed E-state index contributed by atoms with van der Waals surface area (Å²) in [6.45, 7) is 1.97. The van der Waals surface area contributed by atoms with E-state index in [9.17, 15) is 10.4 Å². The minimum Gasteiger partial charge on any atom is -0.364 e. The summed E-state index contributed by atoms with van der Waals surface area (Å²) in [6.07, 6.45) is 3.77. The fourth-order valence-corrected chi connectivity index (χ4v) is 3.60. The molecule has 3 atom stereocenters. The van der Waals surface area contributed by atoms with E-state index in [-0.39, 0.29) is 6.10 Å². The molecule has 1 fully saturated rings. The van der Waals surface area contributed by atoms with Gasteiger partial charge in [-0.05, 0) is 43.7 Å². The van der Waals surface area contributed by atoms with E-state index in [2.05, 4.69) is 12.1 Å². The van der Waals surface area contributed by atoms with Gasteiger partial charge in [0.15, 0.2) is 5.79 Å². The van der Waals surface area contributed by atoms with Crippen molar-refractivity contribution in [2.45, 2.75) is 56.3 Å². The van der Waals surface area contributed by atoms with E-state index in [1.165, 1.54) is 5.56 Å². The lowest BCUT2D eigenvalue weighted by molar-refractivity contribution is -0.281. The molecule has 0 saturated carbocycles. The van der Waals surface area contributed by atoms with Crippen molar-refractivity contribution < 1.29 is 9.84 Å². The molecule has 1 aliphatic heterocycles. The average molecular weight is 257 g/mol. The molecule has 1 heterocycles. The lowest BCUT2D eigenvalue weighted by Crippen LogP contribution is -2.57. The summed E-state index contributed by atoms with van der Waals surface area (Å²) in [6, 6.07) is 10.4. The Labute approximate surface area is 113 Å². The Morgan fingerprint density at radius 3 is 2.95 bits per heavy atom. The summed E-state index contributed by atoms with van der Waals surface area (Å²) >= 11 is 0. The Morgan fingerprint density at radius 1 is 1.37 bits per heavy atom. The number of hydrogen-bond acceptors (Lipinski definition) is 3. The number of aliphatic hydroxyl groups is 1. The van der Waals surface area contributed by atoms with Crippen LogP contribution >= 0.6 is 0 Å². The van der Waals surface area contributed by atoms with Crippen molar-refractivity contribution in [2.24, 2.45) is 0 Å². The van der Waals surface area contributed by atoms with Crippen LogP contribution in [-0.4, -0.2) is 17.0 Å². The van der Waals surface area contributed by atoms with Crippen LogP contribution in [0.2, 0.25) is 0 Å². The van der Waals surface area contributed by atoms with Crippen LogP contribution in [0.3, 0.4) is 0 Å². The standard InChI is InChI=1S/C16H19NO2/c1-12-8-10-15(11-17)14-7-3-2-5-13(14)6-4-9-16(15,18)19-12/h2-3,5,7,12,18H,4,6,8-10H2,1H3. The Morgan fingerprint density at radius 2 is 2.16 bits per heavy atom. The minimum absolute atomic E-state index is 0.0109. The summed E-state index contributed by atoms with van der Waals surface area (Å²) in [5.74, 6) is -1.34. The van der Waals surface area contributed by atoms with Gasteiger partial charge in [0.1, 0.15) is 5.41 Å². The number of nitrogens with zero attached hydrogens (tertiary/aromatic N) is 1. The smallest absolute Gasteiger partial charge is 0.188 e. The van der Waals surface area contributed by atoms with E-state index in [0.29, 0.717) is 12.8 Å². The molecule has 100 valence electrons. The third-order valence-corrected chi connectivity index (χ3v) is 4.62. The highest BCUT2D eigenvalue weighted by Crippen LogP contribution is 2.50. The maximum Gasteiger partial charge on any atom is 0.188 e. The molecule has 3 unspecified atom stereocenters. The SMILES string of the molecule is CC1CCC2(C#N)c3ccccc3CCCC2(O)O1. The fraction of sp³-hybridized carbons (Fsp3) is 0.562. The van der Waals surface area contributed by atoms with Gasteiger partial charge in [0.05, 0.1) is 12.2 Å². The topological polar surface area (TPSA) is 53.2 Å². The van der Waals surface area contributed by atoms with Crippen molar-refractivity contribution in [3.8, 4) is 6.07 Å². The highest BCUT2D eigenvalue weighted by atomic mass is 16.6. The molecule has 2 aliphatic rings. The van der Waals surface area contributed by atoms with E-state index in [1.54, 1.807) is 0 Å². The van der Waals surface area contributed by atoms with Crippen LogP contribution in [0.1, 0.15) is 43.7 Å². The van der Waals surface area contributed by atoms with E-state index in [0.717, 1.165) is 24.8 Å². The van der Waals surface area contributed by atoms with Gasteiger partial charge >= 0.3 is 0 Å². The van der Waals surface area contributed by atoms with E-state index >= 15 is 0 Å². The lowest BCUT2D eigenvalue weighted by Gasteiger charge is -2.47. The number of rotatable bonds is 0. The molecule has 3 heteroatoms. The molecule has 19 heavy (non-hydrogen) atoms. The Hall–Kier alpha value is -1.37. The second kappa shape index (κ2) is 4.33. The molecule has 0 aromatic heterocycles. The molecule has 1 saturated heterocycles. The van der Waals surface area contributed by atoms with Gasteiger partial charge in [-0.25, -0.2) is 0 Å². The summed E-state index contributed by atoms with van der Waals surface area (Å²) in [5.41, 5.74) is 1.23. The van der Waals surface area contributed by atoms with Gasteiger partial charge in [0, 0.05) is 6.42 Å².